The van der Waals surface area contributed by atoms with Gasteiger partial charge in [-0.15, -0.1) is 0 Å². The van der Waals surface area contributed by atoms with E-state index in [0.29, 0.717) is 12.8 Å². The van der Waals surface area contributed by atoms with Crippen LogP contribution >= 0.6 is 0 Å². The molecule has 0 aromatic heterocycles. The smallest absolute Gasteiger partial charge is 0.264 e. The van der Waals surface area contributed by atoms with Gasteiger partial charge in [-0.2, -0.15) is 0 Å². The van der Waals surface area contributed by atoms with Crippen LogP contribution in [0.4, 0.5) is 10.1 Å². The number of hydrogen-bond donors (Lipinski definition) is 1. The van der Waals surface area contributed by atoms with E-state index in [0.717, 1.165) is 22.0 Å². The number of benzene rings is 3. The minimum Gasteiger partial charge on any atom is -0.352 e. The number of hydrogen-bond acceptors (Lipinski definition) is 4. The van der Waals surface area contributed by atoms with Crippen LogP contribution in [-0.2, 0) is 26.0 Å². The molecular formula is C29H34FN3O4S. The zero-order chi connectivity index (χ0) is 27.7. The van der Waals surface area contributed by atoms with Crippen LogP contribution in [0.1, 0.15) is 32.8 Å². The summed E-state index contributed by atoms with van der Waals surface area (Å²) in [5.74, 6) is -1.36. The number of carbonyl (C=O) groups excluding carboxylic acids is 2. The van der Waals surface area contributed by atoms with Gasteiger partial charge in [-0.3, -0.25) is 13.9 Å². The molecule has 0 fully saturated rings. The number of rotatable bonds is 12. The van der Waals surface area contributed by atoms with E-state index in [1.54, 1.807) is 18.2 Å². The van der Waals surface area contributed by atoms with E-state index >= 15 is 0 Å². The molecule has 3 aromatic carbocycles. The normalized spacial score (nSPS) is 12.1. The van der Waals surface area contributed by atoms with E-state index in [1.165, 1.54) is 29.2 Å². The summed E-state index contributed by atoms with van der Waals surface area (Å²) < 4.78 is 42.0. The minimum absolute atomic E-state index is 0.00227. The molecule has 0 spiro atoms. The fraction of sp³-hybridized carbons (Fsp3) is 0.310. The first-order chi connectivity index (χ1) is 18.1. The van der Waals surface area contributed by atoms with Gasteiger partial charge < -0.3 is 10.2 Å². The summed E-state index contributed by atoms with van der Waals surface area (Å²) in [6.07, 6.45) is 0.834. The van der Waals surface area contributed by atoms with Crippen molar-refractivity contribution in [3.8, 4) is 0 Å². The fourth-order valence-electron chi connectivity index (χ4n) is 4.13. The van der Waals surface area contributed by atoms with Gasteiger partial charge in [0.25, 0.3) is 10.0 Å². The van der Waals surface area contributed by atoms with E-state index in [1.807, 2.05) is 51.1 Å². The molecule has 0 aliphatic carbocycles. The molecule has 202 valence electrons. The predicted octanol–water partition coefficient (Wildman–Crippen LogP) is 4.40. The van der Waals surface area contributed by atoms with Crippen LogP contribution in [0.25, 0.3) is 0 Å². The highest BCUT2D eigenvalue weighted by Gasteiger charge is 2.33. The molecule has 2 amide bonds. The Balaban J connectivity index is 1.99. The fourth-order valence-corrected chi connectivity index (χ4v) is 5.57. The largest absolute Gasteiger partial charge is 0.352 e. The molecule has 38 heavy (non-hydrogen) atoms. The van der Waals surface area contributed by atoms with E-state index in [-0.39, 0.29) is 29.1 Å². The van der Waals surface area contributed by atoms with Crippen LogP contribution < -0.4 is 9.62 Å². The zero-order valence-corrected chi connectivity index (χ0v) is 22.7. The van der Waals surface area contributed by atoms with Crippen molar-refractivity contribution in [3.05, 3.63) is 96.3 Å². The third kappa shape index (κ3) is 7.41. The first-order valence-corrected chi connectivity index (χ1v) is 14.0. The molecule has 3 rings (SSSR count). The molecule has 0 aliphatic heterocycles. The standard InChI is InChI=1S/C29H34FN3O4S/c1-4-27(29(35)31-22(2)3)32(20-19-23-11-7-5-8-12-23)28(34)21-33(25-17-15-24(30)16-18-25)38(36,37)26-13-9-6-10-14-26/h5-18,22,27H,4,19-21H2,1-3H3,(H,31,35)/t27-/m0/s1. The Kier molecular flexibility index (Phi) is 10.0. The first-order valence-electron chi connectivity index (χ1n) is 12.6. The summed E-state index contributed by atoms with van der Waals surface area (Å²) in [5.41, 5.74) is 1.13. The monoisotopic (exact) mass is 539 g/mol. The Bertz CT molecular complexity index is 1300. The maximum Gasteiger partial charge on any atom is 0.264 e. The van der Waals surface area contributed by atoms with Gasteiger partial charge in [0, 0.05) is 12.6 Å². The third-order valence-corrected chi connectivity index (χ3v) is 7.81. The van der Waals surface area contributed by atoms with Gasteiger partial charge in [-0.05, 0) is 68.7 Å². The maximum absolute atomic E-state index is 13.8. The van der Waals surface area contributed by atoms with E-state index < -0.39 is 34.3 Å². The van der Waals surface area contributed by atoms with Crippen molar-refractivity contribution in [1.82, 2.24) is 10.2 Å². The molecule has 7 nitrogen and oxygen atoms in total. The number of sulfonamides is 1. The molecular weight excluding hydrogens is 505 g/mol. The molecule has 0 radical (unpaired) electrons. The van der Waals surface area contributed by atoms with Crippen LogP contribution in [0.15, 0.2) is 89.8 Å². The highest BCUT2D eigenvalue weighted by Crippen LogP contribution is 2.24. The summed E-state index contributed by atoms with van der Waals surface area (Å²) in [5, 5.41) is 2.87. The molecule has 1 atom stereocenters. The second-order valence-corrected chi connectivity index (χ2v) is 11.1. The summed E-state index contributed by atoms with van der Waals surface area (Å²) >= 11 is 0. The number of carbonyl (C=O) groups is 2. The van der Waals surface area contributed by atoms with Crippen molar-refractivity contribution in [2.45, 2.75) is 50.6 Å². The Labute approximate surface area is 224 Å². The highest BCUT2D eigenvalue weighted by atomic mass is 32.2. The molecule has 0 saturated carbocycles. The average Bonchev–Trinajstić information content (AvgIpc) is 2.90. The minimum atomic E-state index is -4.17. The number of anilines is 1. The quantitative estimate of drug-likeness (QED) is 0.370. The van der Waals surface area contributed by atoms with Gasteiger partial charge in [-0.25, -0.2) is 12.8 Å². The lowest BCUT2D eigenvalue weighted by Crippen LogP contribution is -2.54. The van der Waals surface area contributed by atoms with E-state index in [4.69, 9.17) is 0 Å². The predicted molar refractivity (Wildman–Crippen MR) is 147 cm³/mol. The van der Waals surface area contributed by atoms with Gasteiger partial charge in [0.2, 0.25) is 11.8 Å². The van der Waals surface area contributed by atoms with Gasteiger partial charge in [0.1, 0.15) is 18.4 Å². The van der Waals surface area contributed by atoms with Crippen molar-refractivity contribution in [2.75, 3.05) is 17.4 Å². The Morgan fingerprint density at radius 2 is 1.47 bits per heavy atom. The number of nitrogens with one attached hydrogen (secondary N) is 1. The number of halogens is 1. The van der Waals surface area contributed by atoms with Crippen molar-refractivity contribution >= 4 is 27.5 Å². The molecule has 0 unspecified atom stereocenters. The van der Waals surface area contributed by atoms with Gasteiger partial charge in [0.05, 0.1) is 10.6 Å². The van der Waals surface area contributed by atoms with Crippen molar-refractivity contribution < 1.29 is 22.4 Å². The van der Waals surface area contributed by atoms with E-state index in [9.17, 15) is 22.4 Å². The van der Waals surface area contributed by atoms with Crippen LogP contribution in [-0.4, -0.2) is 50.3 Å². The van der Waals surface area contributed by atoms with Crippen LogP contribution in [0.3, 0.4) is 0 Å². The molecule has 9 heteroatoms. The average molecular weight is 540 g/mol. The summed E-state index contributed by atoms with van der Waals surface area (Å²) in [6, 6.07) is 21.3. The van der Waals surface area contributed by atoms with Crippen LogP contribution in [0, 0.1) is 5.82 Å². The van der Waals surface area contributed by atoms with Gasteiger partial charge >= 0.3 is 0 Å². The Morgan fingerprint density at radius 1 is 0.895 bits per heavy atom. The highest BCUT2D eigenvalue weighted by molar-refractivity contribution is 7.92. The Hall–Kier alpha value is -3.72. The molecule has 0 bridgehead atoms. The van der Waals surface area contributed by atoms with Crippen LogP contribution in [0.5, 0.6) is 0 Å². The van der Waals surface area contributed by atoms with Gasteiger partial charge in [0.15, 0.2) is 0 Å². The van der Waals surface area contributed by atoms with Crippen molar-refractivity contribution in [2.24, 2.45) is 0 Å². The Morgan fingerprint density at radius 3 is 2.03 bits per heavy atom. The first kappa shape index (κ1) is 28.8. The molecule has 0 saturated heterocycles. The zero-order valence-electron chi connectivity index (χ0n) is 21.9. The lowest BCUT2D eigenvalue weighted by molar-refractivity contribution is -0.139. The number of nitrogens with zero attached hydrogens (tertiary/aromatic N) is 2. The summed E-state index contributed by atoms with van der Waals surface area (Å²) in [4.78, 5) is 28.4. The number of amides is 2. The second kappa shape index (κ2) is 13.2. The van der Waals surface area contributed by atoms with Crippen molar-refractivity contribution in [3.63, 3.8) is 0 Å². The third-order valence-electron chi connectivity index (χ3n) is 6.03. The van der Waals surface area contributed by atoms with E-state index in [2.05, 4.69) is 5.32 Å². The maximum atomic E-state index is 13.8. The van der Waals surface area contributed by atoms with Gasteiger partial charge in [-0.1, -0.05) is 55.5 Å². The van der Waals surface area contributed by atoms with Crippen molar-refractivity contribution in [1.29, 1.82) is 0 Å². The molecule has 0 heterocycles. The molecule has 3 aromatic rings. The molecule has 1 N–H and O–H groups in total. The summed E-state index contributed by atoms with van der Waals surface area (Å²) in [6.45, 7) is 5.15. The molecule has 0 aliphatic rings. The topological polar surface area (TPSA) is 86.8 Å². The SMILES string of the molecule is CC[C@@H](C(=O)NC(C)C)N(CCc1ccccc1)C(=O)CN(c1ccc(F)cc1)S(=O)(=O)c1ccccc1. The lowest BCUT2D eigenvalue weighted by Gasteiger charge is -2.33. The van der Waals surface area contributed by atoms with Crippen LogP contribution in [0.2, 0.25) is 0 Å². The second-order valence-electron chi connectivity index (χ2n) is 9.21. The summed E-state index contributed by atoms with van der Waals surface area (Å²) in [7, 11) is -4.17. The lowest BCUT2D eigenvalue weighted by atomic mass is 10.1.